The van der Waals surface area contributed by atoms with Crippen LogP contribution in [0.15, 0.2) is 35.4 Å². The second-order valence-corrected chi connectivity index (χ2v) is 11.1. The van der Waals surface area contributed by atoms with Crippen molar-refractivity contribution in [1.82, 2.24) is 19.0 Å². The number of sulfonamides is 1. The monoisotopic (exact) mass is 430 g/mol. The molecular formula is C22H30N4O3S. The minimum atomic E-state index is -3.56. The highest BCUT2D eigenvalue weighted by molar-refractivity contribution is 7.89. The van der Waals surface area contributed by atoms with Gasteiger partial charge in [0, 0.05) is 32.7 Å². The number of nitrogens with zero attached hydrogens (tertiary/aromatic N) is 4. The number of aromatic nitrogens is 2. The normalized spacial score (nSPS) is 18.3. The summed E-state index contributed by atoms with van der Waals surface area (Å²) < 4.78 is 29.5. The number of amides is 1. The number of benzene rings is 1. The molecule has 1 aromatic carbocycles. The van der Waals surface area contributed by atoms with E-state index in [1.807, 2.05) is 16.8 Å². The van der Waals surface area contributed by atoms with Gasteiger partial charge in [-0.1, -0.05) is 32.9 Å². The van der Waals surface area contributed by atoms with Crippen LogP contribution in [0.4, 0.5) is 0 Å². The van der Waals surface area contributed by atoms with E-state index in [2.05, 4.69) is 25.9 Å². The lowest BCUT2D eigenvalue weighted by Crippen LogP contribution is -2.50. The predicted octanol–water partition coefficient (Wildman–Crippen LogP) is 2.66. The quantitative estimate of drug-likeness (QED) is 0.750. The summed E-state index contributed by atoms with van der Waals surface area (Å²) in [6, 6.07) is 7.14. The van der Waals surface area contributed by atoms with E-state index in [-0.39, 0.29) is 11.3 Å². The van der Waals surface area contributed by atoms with Crippen molar-refractivity contribution in [1.29, 1.82) is 0 Å². The SMILES string of the molecule is CC(C)(C)c1ccc(S(=O)(=O)N2CCN(C(=O)c3cnn4c3CCCC4)CC2)cc1. The first-order valence-electron chi connectivity index (χ1n) is 10.6. The van der Waals surface area contributed by atoms with Crippen molar-refractivity contribution in [3.05, 3.63) is 47.3 Å². The molecule has 0 aliphatic carbocycles. The first kappa shape index (κ1) is 21.1. The second kappa shape index (κ2) is 7.81. The Morgan fingerprint density at radius 1 is 0.967 bits per heavy atom. The summed E-state index contributed by atoms with van der Waals surface area (Å²) in [6.45, 7) is 8.56. The highest BCUT2D eigenvalue weighted by Crippen LogP contribution is 2.26. The molecule has 0 unspecified atom stereocenters. The Balaban J connectivity index is 1.44. The zero-order valence-electron chi connectivity index (χ0n) is 18.0. The molecule has 2 aromatic rings. The van der Waals surface area contributed by atoms with E-state index < -0.39 is 10.0 Å². The molecule has 0 bridgehead atoms. The van der Waals surface area contributed by atoms with Gasteiger partial charge in [0.15, 0.2) is 0 Å². The average Bonchev–Trinajstić information content (AvgIpc) is 3.17. The maximum absolute atomic E-state index is 13.1. The molecule has 7 nitrogen and oxygen atoms in total. The first-order valence-corrected chi connectivity index (χ1v) is 12.1. The van der Waals surface area contributed by atoms with E-state index in [4.69, 9.17) is 0 Å². The Morgan fingerprint density at radius 3 is 2.27 bits per heavy atom. The van der Waals surface area contributed by atoms with Crippen LogP contribution in [0, 0.1) is 0 Å². The fourth-order valence-corrected chi connectivity index (χ4v) is 5.60. The van der Waals surface area contributed by atoms with E-state index in [0.29, 0.717) is 36.6 Å². The van der Waals surface area contributed by atoms with Gasteiger partial charge in [-0.3, -0.25) is 9.48 Å². The molecule has 1 amide bonds. The number of carbonyl (C=O) groups excluding carboxylic acids is 1. The molecule has 2 aliphatic rings. The minimum absolute atomic E-state index is 0.0264. The van der Waals surface area contributed by atoms with Crippen molar-refractivity contribution in [2.45, 2.75) is 56.9 Å². The maximum Gasteiger partial charge on any atom is 0.257 e. The van der Waals surface area contributed by atoms with Crippen molar-refractivity contribution in [2.75, 3.05) is 26.2 Å². The minimum Gasteiger partial charge on any atom is -0.336 e. The molecular weight excluding hydrogens is 400 g/mol. The highest BCUT2D eigenvalue weighted by atomic mass is 32.2. The van der Waals surface area contributed by atoms with Gasteiger partial charge in [-0.2, -0.15) is 9.40 Å². The fourth-order valence-electron chi connectivity index (χ4n) is 4.18. The van der Waals surface area contributed by atoms with Gasteiger partial charge >= 0.3 is 0 Å². The molecule has 1 saturated heterocycles. The summed E-state index contributed by atoms with van der Waals surface area (Å²) >= 11 is 0. The van der Waals surface area contributed by atoms with Crippen molar-refractivity contribution in [3.63, 3.8) is 0 Å². The molecule has 8 heteroatoms. The number of hydrogen-bond acceptors (Lipinski definition) is 4. The summed E-state index contributed by atoms with van der Waals surface area (Å²) in [5.74, 6) is -0.0373. The van der Waals surface area contributed by atoms with Gasteiger partial charge < -0.3 is 4.90 Å². The summed E-state index contributed by atoms with van der Waals surface area (Å²) in [6.07, 6.45) is 4.71. The van der Waals surface area contributed by atoms with Gasteiger partial charge in [-0.05, 0) is 42.4 Å². The summed E-state index contributed by atoms with van der Waals surface area (Å²) in [4.78, 5) is 15.1. The molecule has 2 aliphatic heterocycles. The van der Waals surface area contributed by atoms with Gasteiger partial charge in [-0.25, -0.2) is 8.42 Å². The third-order valence-corrected chi connectivity index (χ3v) is 8.01. The Morgan fingerprint density at radius 2 is 1.63 bits per heavy atom. The zero-order chi connectivity index (χ0) is 21.5. The zero-order valence-corrected chi connectivity index (χ0v) is 18.8. The lowest BCUT2D eigenvalue weighted by atomic mass is 9.87. The Hall–Kier alpha value is -2.19. The lowest BCUT2D eigenvalue weighted by Gasteiger charge is -2.34. The lowest BCUT2D eigenvalue weighted by molar-refractivity contribution is 0.0696. The van der Waals surface area contributed by atoms with Gasteiger partial charge in [0.25, 0.3) is 5.91 Å². The molecule has 0 radical (unpaired) electrons. The van der Waals surface area contributed by atoms with Crippen LogP contribution in [-0.2, 0) is 28.4 Å². The Bertz CT molecular complexity index is 1030. The summed E-state index contributed by atoms with van der Waals surface area (Å²) in [7, 11) is -3.56. The highest BCUT2D eigenvalue weighted by Gasteiger charge is 2.32. The van der Waals surface area contributed by atoms with Crippen molar-refractivity contribution < 1.29 is 13.2 Å². The molecule has 0 atom stereocenters. The topological polar surface area (TPSA) is 75.5 Å². The molecule has 1 aromatic heterocycles. The molecule has 1 fully saturated rings. The van der Waals surface area contributed by atoms with Crippen molar-refractivity contribution in [2.24, 2.45) is 0 Å². The Labute approximate surface area is 178 Å². The van der Waals surface area contributed by atoms with Crippen LogP contribution in [0.25, 0.3) is 0 Å². The molecule has 162 valence electrons. The number of fused-ring (bicyclic) bond motifs is 1. The molecule has 3 heterocycles. The number of piperazine rings is 1. The third-order valence-electron chi connectivity index (χ3n) is 6.10. The van der Waals surface area contributed by atoms with E-state index in [9.17, 15) is 13.2 Å². The average molecular weight is 431 g/mol. The van der Waals surface area contributed by atoms with Crippen LogP contribution in [0.2, 0.25) is 0 Å². The predicted molar refractivity (Wildman–Crippen MR) is 115 cm³/mol. The number of aryl methyl sites for hydroxylation is 1. The Kier molecular flexibility index (Phi) is 5.48. The summed E-state index contributed by atoms with van der Waals surface area (Å²) in [5, 5.41) is 4.35. The number of carbonyl (C=O) groups is 1. The third kappa shape index (κ3) is 3.90. The van der Waals surface area contributed by atoms with E-state index in [0.717, 1.165) is 37.1 Å². The van der Waals surface area contributed by atoms with Crippen molar-refractivity contribution in [3.8, 4) is 0 Å². The molecule has 30 heavy (non-hydrogen) atoms. The van der Waals surface area contributed by atoms with Crippen LogP contribution in [0.1, 0.15) is 55.2 Å². The van der Waals surface area contributed by atoms with Crippen LogP contribution < -0.4 is 0 Å². The fraction of sp³-hybridized carbons (Fsp3) is 0.545. The van der Waals surface area contributed by atoms with Crippen molar-refractivity contribution >= 4 is 15.9 Å². The van der Waals surface area contributed by atoms with Gasteiger partial charge in [0.05, 0.1) is 22.3 Å². The second-order valence-electron chi connectivity index (χ2n) is 9.16. The number of rotatable bonds is 3. The van der Waals surface area contributed by atoms with Gasteiger partial charge in [0.2, 0.25) is 10.0 Å². The van der Waals surface area contributed by atoms with E-state index >= 15 is 0 Å². The van der Waals surface area contributed by atoms with E-state index in [1.165, 1.54) is 4.31 Å². The first-order chi connectivity index (χ1) is 14.2. The van der Waals surface area contributed by atoms with Crippen LogP contribution in [-0.4, -0.2) is 59.5 Å². The van der Waals surface area contributed by atoms with Crippen LogP contribution in [0.5, 0.6) is 0 Å². The molecule has 4 rings (SSSR count). The van der Waals surface area contributed by atoms with E-state index in [1.54, 1.807) is 23.2 Å². The van der Waals surface area contributed by atoms with Gasteiger partial charge in [-0.15, -0.1) is 0 Å². The summed E-state index contributed by atoms with van der Waals surface area (Å²) in [5.41, 5.74) is 2.76. The standard InChI is InChI=1S/C22H30N4O3S/c1-22(2,3)17-7-9-18(10-8-17)30(28,29)25-14-12-24(13-15-25)21(27)19-16-23-26-11-5-4-6-20(19)26/h7-10,16H,4-6,11-15H2,1-3H3. The molecule has 0 spiro atoms. The smallest absolute Gasteiger partial charge is 0.257 e. The maximum atomic E-state index is 13.1. The van der Waals surface area contributed by atoms with Crippen LogP contribution in [0.3, 0.4) is 0 Å². The largest absolute Gasteiger partial charge is 0.336 e. The number of hydrogen-bond donors (Lipinski definition) is 0. The van der Waals surface area contributed by atoms with Gasteiger partial charge in [0.1, 0.15) is 0 Å². The molecule has 0 N–H and O–H groups in total. The molecule has 0 saturated carbocycles. The van der Waals surface area contributed by atoms with Crippen LogP contribution >= 0.6 is 0 Å².